The molecule has 2 N–H and O–H groups in total. The van der Waals surface area contributed by atoms with Gasteiger partial charge in [0.05, 0.1) is 6.10 Å². The molecule has 1 aromatic rings. The van der Waals surface area contributed by atoms with Gasteiger partial charge >= 0.3 is 0 Å². The lowest BCUT2D eigenvalue weighted by Gasteiger charge is -2.28. The predicted octanol–water partition coefficient (Wildman–Crippen LogP) is 1.49. The molecular formula is C17H24N2O3. The molecule has 0 saturated heterocycles. The average molecular weight is 304 g/mol. The summed E-state index contributed by atoms with van der Waals surface area (Å²) in [4.78, 5) is 25.9. The van der Waals surface area contributed by atoms with Crippen LogP contribution in [0.5, 0.6) is 0 Å². The van der Waals surface area contributed by atoms with E-state index in [2.05, 4.69) is 5.32 Å². The molecule has 2 amide bonds. The maximum Gasteiger partial charge on any atom is 0.243 e. The summed E-state index contributed by atoms with van der Waals surface area (Å²) in [6.07, 6.45) is -0.126. The van der Waals surface area contributed by atoms with Gasteiger partial charge in [0, 0.05) is 25.6 Å². The van der Waals surface area contributed by atoms with Gasteiger partial charge in [0.2, 0.25) is 11.8 Å². The van der Waals surface area contributed by atoms with E-state index in [-0.39, 0.29) is 23.8 Å². The summed E-state index contributed by atoms with van der Waals surface area (Å²) < 4.78 is 0. The highest BCUT2D eigenvalue weighted by molar-refractivity contribution is 6.02. The van der Waals surface area contributed by atoms with Gasteiger partial charge in [0.25, 0.3) is 0 Å². The fourth-order valence-electron chi connectivity index (χ4n) is 2.61. The number of hydrogen-bond acceptors (Lipinski definition) is 3. The number of nitrogens with one attached hydrogen (secondary N) is 1. The monoisotopic (exact) mass is 304 g/mol. The number of anilines is 1. The van der Waals surface area contributed by atoms with Crippen LogP contribution in [-0.4, -0.2) is 35.6 Å². The van der Waals surface area contributed by atoms with Crippen molar-refractivity contribution in [1.82, 2.24) is 5.32 Å². The molecule has 0 bridgehead atoms. The van der Waals surface area contributed by atoms with E-state index in [1.807, 2.05) is 45.0 Å². The Morgan fingerprint density at radius 2 is 2.00 bits per heavy atom. The van der Waals surface area contributed by atoms with Gasteiger partial charge in [-0.25, -0.2) is 0 Å². The SMILES string of the molecule is CC(=O)N1c2ccccc2C[C@H]1C(=O)NCC(O)C(C)(C)C. The fourth-order valence-corrected chi connectivity index (χ4v) is 2.61. The average Bonchev–Trinajstić information content (AvgIpc) is 2.82. The minimum atomic E-state index is -0.633. The summed E-state index contributed by atoms with van der Waals surface area (Å²) in [5, 5.41) is 12.8. The number of rotatable bonds is 3. The summed E-state index contributed by atoms with van der Waals surface area (Å²) in [5.41, 5.74) is 1.49. The van der Waals surface area contributed by atoms with Crippen molar-refractivity contribution in [2.24, 2.45) is 5.41 Å². The van der Waals surface area contributed by atoms with Crippen molar-refractivity contribution in [2.75, 3.05) is 11.4 Å². The molecule has 2 rings (SSSR count). The van der Waals surface area contributed by atoms with Crippen LogP contribution in [0.4, 0.5) is 5.69 Å². The molecular weight excluding hydrogens is 280 g/mol. The number of amides is 2. The zero-order chi connectivity index (χ0) is 16.5. The number of carbonyl (C=O) groups excluding carboxylic acids is 2. The molecule has 0 saturated carbocycles. The molecule has 1 aliphatic rings. The predicted molar refractivity (Wildman–Crippen MR) is 85.6 cm³/mol. The quantitative estimate of drug-likeness (QED) is 0.889. The normalized spacial score (nSPS) is 18.8. The Morgan fingerprint density at radius 3 is 2.59 bits per heavy atom. The smallest absolute Gasteiger partial charge is 0.243 e. The molecule has 5 heteroatoms. The molecule has 1 aromatic carbocycles. The van der Waals surface area contributed by atoms with Gasteiger partial charge in [0.15, 0.2) is 0 Å². The Bertz CT molecular complexity index is 578. The van der Waals surface area contributed by atoms with E-state index in [1.165, 1.54) is 11.8 Å². The maximum absolute atomic E-state index is 12.4. The molecule has 120 valence electrons. The third kappa shape index (κ3) is 3.30. The van der Waals surface area contributed by atoms with Gasteiger partial charge in [-0.2, -0.15) is 0 Å². The third-order valence-corrected chi connectivity index (χ3v) is 4.09. The number of nitrogens with zero attached hydrogens (tertiary/aromatic N) is 1. The number of carbonyl (C=O) groups is 2. The highest BCUT2D eigenvalue weighted by Gasteiger charge is 2.37. The number of para-hydroxylation sites is 1. The van der Waals surface area contributed by atoms with E-state index < -0.39 is 12.1 Å². The highest BCUT2D eigenvalue weighted by atomic mass is 16.3. The van der Waals surface area contributed by atoms with Crippen molar-refractivity contribution in [3.63, 3.8) is 0 Å². The second-order valence-corrected chi connectivity index (χ2v) is 6.86. The van der Waals surface area contributed by atoms with Crippen LogP contribution >= 0.6 is 0 Å². The number of benzene rings is 1. The van der Waals surface area contributed by atoms with Gasteiger partial charge in [-0.1, -0.05) is 39.0 Å². The van der Waals surface area contributed by atoms with Gasteiger partial charge in [-0.15, -0.1) is 0 Å². The van der Waals surface area contributed by atoms with Crippen LogP contribution in [0, 0.1) is 5.41 Å². The van der Waals surface area contributed by atoms with E-state index in [4.69, 9.17) is 0 Å². The Hall–Kier alpha value is -1.88. The first kappa shape index (κ1) is 16.5. The minimum absolute atomic E-state index is 0.151. The van der Waals surface area contributed by atoms with Crippen LogP contribution in [0.3, 0.4) is 0 Å². The van der Waals surface area contributed by atoms with Gasteiger partial charge in [-0.3, -0.25) is 14.5 Å². The van der Waals surface area contributed by atoms with Crippen LogP contribution in [-0.2, 0) is 16.0 Å². The largest absolute Gasteiger partial charge is 0.391 e. The molecule has 1 unspecified atom stereocenters. The van der Waals surface area contributed by atoms with E-state index in [0.29, 0.717) is 6.42 Å². The van der Waals surface area contributed by atoms with E-state index >= 15 is 0 Å². The van der Waals surface area contributed by atoms with Gasteiger partial charge in [0.1, 0.15) is 6.04 Å². The molecule has 0 aliphatic carbocycles. The lowest BCUT2D eigenvalue weighted by molar-refractivity contribution is -0.126. The Labute approximate surface area is 131 Å². The molecule has 1 heterocycles. The fraction of sp³-hybridized carbons (Fsp3) is 0.529. The Kier molecular flexibility index (Phi) is 4.56. The second-order valence-electron chi connectivity index (χ2n) is 6.86. The summed E-state index contributed by atoms with van der Waals surface area (Å²) in [6, 6.07) is 7.01. The van der Waals surface area contributed by atoms with E-state index in [0.717, 1.165) is 11.3 Å². The Balaban J connectivity index is 2.09. The first-order chi connectivity index (χ1) is 10.2. The summed E-state index contributed by atoms with van der Waals surface area (Å²) in [7, 11) is 0. The zero-order valence-corrected chi connectivity index (χ0v) is 13.6. The molecule has 1 aliphatic heterocycles. The summed E-state index contributed by atoms with van der Waals surface area (Å²) in [5.74, 6) is -0.379. The molecule has 0 fully saturated rings. The molecule has 5 nitrogen and oxygen atoms in total. The molecule has 22 heavy (non-hydrogen) atoms. The van der Waals surface area contributed by atoms with Gasteiger partial charge < -0.3 is 10.4 Å². The topological polar surface area (TPSA) is 69.6 Å². The summed E-state index contributed by atoms with van der Waals surface area (Å²) >= 11 is 0. The molecule has 0 aromatic heterocycles. The lowest BCUT2D eigenvalue weighted by atomic mass is 9.89. The van der Waals surface area contributed by atoms with Crippen LogP contribution < -0.4 is 10.2 Å². The van der Waals surface area contributed by atoms with Crippen molar-refractivity contribution in [2.45, 2.75) is 46.3 Å². The van der Waals surface area contributed by atoms with Crippen LogP contribution in [0.15, 0.2) is 24.3 Å². The van der Waals surface area contributed by atoms with Crippen molar-refractivity contribution < 1.29 is 14.7 Å². The van der Waals surface area contributed by atoms with Crippen LogP contribution in [0.1, 0.15) is 33.3 Å². The molecule has 2 atom stereocenters. The Morgan fingerprint density at radius 1 is 1.36 bits per heavy atom. The van der Waals surface area contributed by atoms with Crippen molar-refractivity contribution in [3.8, 4) is 0 Å². The van der Waals surface area contributed by atoms with Crippen LogP contribution in [0.2, 0.25) is 0 Å². The minimum Gasteiger partial charge on any atom is -0.391 e. The third-order valence-electron chi connectivity index (χ3n) is 4.09. The second kappa shape index (κ2) is 6.08. The van der Waals surface area contributed by atoms with Crippen molar-refractivity contribution >= 4 is 17.5 Å². The highest BCUT2D eigenvalue weighted by Crippen LogP contribution is 2.32. The zero-order valence-electron chi connectivity index (χ0n) is 13.6. The van der Waals surface area contributed by atoms with Crippen LogP contribution in [0.25, 0.3) is 0 Å². The van der Waals surface area contributed by atoms with Crippen molar-refractivity contribution in [3.05, 3.63) is 29.8 Å². The maximum atomic E-state index is 12.4. The molecule has 0 radical (unpaired) electrons. The first-order valence-electron chi connectivity index (χ1n) is 7.55. The standard InChI is InChI=1S/C17H24N2O3/c1-11(20)19-13-8-6-5-7-12(13)9-14(19)16(22)18-10-15(21)17(2,3)4/h5-8,14-15,21H,9-10H2,1-4H3,(H,18,22)/t14-,15?/m0/s1. The number of aliphatic hydroxyl groups excluding tert-OH is 1. The number of aliphatic hydroxyl groups is 1. The lowest BCUT2D eigenvalue weighted by Crippen LogP contribution is -2.50. The first-order valence-corrected chi connectivity index (χ1v) is 7.55. The van der Waals surface area contributed by atoms with Crippen molar-refractivity contribution in [1.29, 1.82) is 0 Å². The number of fused-ring (bicyclic) bond motifs is 1. The molecule has 0 spiro atoms. The van der Waals surface area contributed by atoms with E-state index in [1.54, 1.807) is 0 Å². The number of hydrogen-bond donors (Lipinski definition) is 2. The van der Waals surface area contributed by atoms with Gasteiger partial charge in [-0.05, 0) is 17.0 Å². The summed E-state index contributed by atoms with van der Waals surface area (Å²) in [6.45, 7) is 7.39. The van der Waals surface area contributed by atoms with E-state index in [9.17, 15) is 14.7 Å².